The Morgan fingerprint density at radius 3 is 2.88 bits per heavy atom. The lowest BCUT2D eigenvalue weighted by molar-refractivity contribution is 0.0518. The highest BCUT2D eigenvalue weighted by atomic mass is 16.3. The number of hydrogen-bond donors (Lipinski definition) is 2. The molecule has 0 aromatic carbocycles. The molecule has 0 saturated carbocycles. The Labute approximate surface area is 100 Å². The van der Waals surface area contributed by atoms with Crippen LogP contribution < -0.4 is 5.32 Å². The average molecular weight is 228 g/mol. The van der Waals surface area contributed by atoms with E-state index in [0.717, 1.165) is 38.5 Å². The molecule has 1 saturated heterocycles. The fourth-order valence-corrected chi connectivity index (χ4v) is 2.46. The minimum absolute atomic E-state index is 0.223. The van der Waals surface area contributed by atoms with Crippen molar-refractivity contribution in [2.24, 2.45) is 5.92 Å². The molecule has 0 radical (unpaired) electrons. The number of β-amino-alcohol motifs (C(OH)–C–C–N with tert-alkyl or cyclic N) is 1. The lowest BCUT2D eigenvalue weighted by Gasteiger charge is -2.38. The lowest BCUT2D eigenvalue weighted by Crippen LogP contribution is -2.47. The van der Waals surface area contributed by atoms with Crippen LogP contribution >= 0.6 is 0 Å². The second-order valence-electron chi connectivity index (χ2n) is 5.21. The first-order valence-corrected chi connectivity index (χ1v) is 6.78. The van der Waals surface area contributed by atoms with Gasteiger partial charge in [0.15, 0.2) is 0 Å². The standard InChI is InChI=1S/C13H28N2O/c1-4-7-14-9-13(16)10-15-8-5-6-11(2)12(15)3/h11-14,16H,4-10H2,1-3H3. The van der Waals surface area contributed by atoms with Crippen molar-refractivity contribution < 1.29 is 5.11 Å². The van der Waals surface area contributed by atoms with Crippen LogP contribution in [0.2, 0.25) is 0 Å². The van der Waals surface area contributed by atoms with E-state index in [1.165, 1.54) is 12.8 Å². The van der Waals surface area contributed by atoms with Crippen LogP contribution in [0, 0.1) is 5.92 Å². The molecule has 16 heavy (non-hydrogen) atoms. The maximum Gasteiger partial charge on any atom is 0.0791 e. The predicted molar refractivity (Wildman–Crippen MR) is 68.6 cm³/mol. The maximum absolute atomic E-state index is 9.93. The van der Waals surface area contributed by atoms with Crippen molar-refractivity contribution in [3.05, 3.63) is 0 Å². The van der Waals surface area contributed by atoms with Crippen molar-refractivity contribution in [2.75, 3.05) is 26.2 Å². The summed E-state index contributed by atoms with van der Waals surface area (Å²) >= 11 is 0. The van der Waals surface area contributed by atoms with Gasteiger partial charge in [-0.15, -0.1) is 0 Å². The molecule has 1 rings (SSSR count). The quantitative estimate of drug-likeness (QED) is 0.676. The highest BCUT2D eigenvalue weighted by Gasteiger charge is 2.25. The fraction of sp³-hybridized carbons (Fsp3) is 1.00. The molecular formula is C13H28N2O. The SMILES string of the molecule is CCCNCC(O)CN1CCCC(C)C1C. The van der Waals surface area contributed by atoms with Crippen LogP contribution in [0.25, 0.3) is 0 Å². The lowest BCUT2D eigenvalue weighted by atomic mass is 9.92. The summed E-state index contributed by atoms with van der Waals surface area (Å²) in [6.07, 6.45) is 3.52. The van der Waals surface area contributed by atoms with Crippen molar-refractivity contribution in [1.29, 1.82) is 0 Å². The molecule has 3 atom stereocenters. The van der Waals surface area contributed by atoms with Crippen molar-refractivity contribution in [3.8, 4) is 0 Å². The van der Waals surface area contributed by atoms with Crippen LogP contribution in [0.5, 0.6) is 0 Å². The molecule has 1 aliphatic rings. The van der Waals surface area contributed by atoms with E-state index in [9.17, 15) is 5.11 Å². The number of likely N-dealkylation sites (tertiary alicyclic amines) is 1. The zero-order valence-corrected chi connectivity index (χ0v) is 11.1. The zero-order valence-electron chi connectivity index (χ0n) is 11.1. The van der Waals surface area contributed by atoms with Gasteiger partial charge in [-0.25, -0.2) is 0 Å². The minimum atomic E-state index is -0.223. The van der Waals surface area contributed by atoms with Crippen LogP contribution in [0.4, 0.5) is 0 Å². The van der Waals surface area contributed by atoms with Crippen LogP contribution in [0.3, 0.4) is 0 Å². The molecule has 0 aliphatic carbocycles. The second-order valence-corrected chi connectivity index (χ2v) is 5.21. The summed E-state index contributed by atoms with van der Waals surface area (Å²) in [6.45, 7) is 10.5. The first-order valence-electron chi connectivity index (χ1n) is 6.78. The molecule has 1 fully saturated rings. The Hall–Kier alpha value is -0.120. The summed E-state index contributed by atoms with van der Waals surface area (Å²) < 4.78 is 0. The number of nitrogens with one attached hydrogen (secondary N) is 1. The minimum Gasteiger partial charge on any atom is -0.390 e. The van der Waals surface area contributed by atoms with Gasteiger partial charge in [-0.3, -0.25) is 4.90 Å². The Morgan fingerprint density at radius 2 is 2.19 bits per heavy atom. The zero-order chi connectivity index (χ0) is 12.0. The smallest absolute Gasteiger partial charge is 0.0791 e. The van der Waals surface area contributed by atoms with E-state index in [4.69, 9.17) is 0 Å². The number of aliphatic hydroxyl groups excluding tert-OH is 1. The van der Waals surface area contributed by atoms with Crippen molar-refractivity contribution in [3.63, 3.8) is 0 Å². The molecule has 0 aromatic heterocycles. The van der Waals surface area contributed by atoms with Gasteiger partial charge >= 0.3 is 0 Å². The Balaban J connectivity index is 2.23. The first kappa shape index (κ1) is 13.9. The third-order valence-electron chi connectivity index (χ3n) is 3.76. The van der Waals surface area contributed by atoms with E-state index in [2.05, 4.69) is 31.0 Å². The molecule has 0 amide bonds. The van der Waals surface area contributed by atoms with Gasteiger partial charge in [-0.1, -0.05) is 13.8 Å². The summed E-state index contributed by atoms with van der Waals surface area (Å²) in [6, 6.07) is 0.620. The summed E-state index contributed by atoms with van der Waals surface area (Å²) in [5, 5.41) is 13.2. The van der Waals surface area contributed by atoms with Crippen LogP contribution in [0.15, 0.2) is 0 Å². The number of nitrogens with zero attached hydrogens (tertiary/aromatic N) is 1. The summed E-state index contributed by atoms with van der Waals surface area (Å²) in [5.74, 6) is 0.768. The summed E-state index contributed by atoms with van der Waals surface area (Å²) in [5.41, 5.74) is 0. The van der Waals surface area contributed by atoms with Gasteiger partial charge in [0.25, 0.3) is 0 Å². The van der Waals surface area contributed by atoms with Gasteiger partial charge < -0.3 is 10.4 Å². The second kappa shape index (κ2) is 7.25. The molecule has 3 heteroatoms. The summed E-state index contributed by atoms with van der Waals surface area (Å²) in [4.78, 5) is 2.44. The van der Waals surface area contributed by atoms with Crippen LogP contribution in [-0.2, 0) is 0 Å². The monoisotopic (exact) mass is 228 g/mol. The molecule has 3 nitrogen and oxygen atoms in total. The van der Waals surface area contributed by atoms with E-state index >= 15 is 0 Å². The van der Waals surface area contributed by atoms with Crippen LogP contribution in [0.1, 0.15) is 40.0 Å². The molecule has 96 valence electrons. The topological polar surface area (TPSA) is 35.5 Å². The van der Waals surface area contributed by atoms with Gasteiger partial charge in [-0.2, -0.15) is 0 Å². The van der Waals surface area contributed by atoms with E-state index in [0.29, 0.717) is 6.04 Å². The van der Waals surface area contributed by atoms with Crippen LogP contribution in [-0.4, -0.2) is 48.3 Å². The number of piperidine rings is 1. The maximum atomic E-state index is 9.93. The first-order chi connectivity index (χ1) is 7.65. The molecule has 1 heterocycles. The van der Waals surface area contributed by atoms with Gasteiger partial charge in [0, 0.05) is 19.1 Å². The molecule has 0 bridgehead atoms. The van der Waals surface area contributed by atoms with Crippen molar-refractivity contribution in [2.45, 2.75) is 52.2 Å². The Morgan fingerprint density at radius 1 is 1.44 bits per heavy atom. The van der Waals surface area contributed by atoms with E-state index < -0.39 is 0 Å². The third kappa shape index (κ3) is 4.40. The van der Waals surface area contributed by atoms with E-state index in [-0.39, 0.29) is 6.10 Å². The molecule has 1 aliphatic heterocycles. The highest BCUT2D eigenvalue weighted by Crippen LogP contribution is 2.22. The third-order valence-corrected chi connectivity index (χ3v) is 3.76. The number of hydrogen-bond acceptors (Lipinski definition) is 3. The Bertz CT molecular complexity index is 187. The van der Waals surface area contributed by atoms with Gasteiger partial charge in [0.2, 0.25) is 0 Å². The number of rotatable bonds is 6. The molecule has 0 aromatic rings. The predicted octanol–water partition coefficient (Wildman–Crippen LogP) is 1.47. The molecule has 2 N–H and O–H groups in total. The van der Waals surface area contributed by atoms with Gasteiger partial charge in [-0.05, 0) is 45.2 Å². The van der Waals surface area contributed by atoms with Crippen molar-refractivity contribution in [1.82, 2.24) is 10.2 Å². The van der Waals surface area contributed by atoms with Gasteiger partial charge in [0.05, 0.1) is 6.10 Å². The normalized spacial score (nSPS) is 29.2. The highest BCUT2D eigenvalue weighted by molar-refractivity contribution is 4.80. The largest absolute Gasteiger partial charge is 0.390 e. The van der Waals surface area contributed by atoms with Crippen molar-refractivity contribution >= 4 is 0 Å². The molecule has 3 unspecified atom stereocenters. The molecule has 0 spiro atoms. The average Bonchev–Trinajstić information content (AvgIpc) is 2.25. The fourth-order valence-electron chi connectivity index (χ4n) is 2.46. The van der Waals surface area contributed by atoms with E-state index in [1.807, 2.05) is 0 Å². The number of aliphatic hydroxyl groups is 1. The van der Waals surface area contributed by atoms with E-state index in [1.54, 1.807) is 0 Å². The molecular weight excluding hydrogens is 200 g/mol. The van der Waals surface area contributed by atoms with Gasteiger partial charge in [0.1, 0.15) is 0 Å². The summed E-state index contributed by atoms with van der Waals surface area (Å²) in [7, 11) is 0. The Kier molecular flexibility index (Phi) is 6.32.